The van der Waals surface area contributed by atoms with Crippen LogP contribution in [-0.4, -0.2) is 29.0 Å². The second-order valence-electron chi connectivity index (χ2n) is 3.86. The number of hydrogen-bond donors (Lipinski definition) is 1. The molecule has 0 aromatic carbocycles. The molecular formula is C11H15NO2S. The molecule has 1 aromatic heterocycles. The third-order valence-electron chi connectivity index (χ3n) is 2.75. The van der Waals surface area contributed by atoms with Gasteiger partial charge in [-0.05, 0) is 35.2 Å². The average molecular weight is 225 g/mol. The highest BCUT2D eigenvalue weighted by molar-refractivity contribution is 7.07. The molecule has 1 fully saturated rings. The highest BCUT2D eigenvalue weighted by atomic mass is 32.1. The van der Waals surface area contributed by atoms with Crippen LogP contribution in [0, 0.1) is 0 Å². The maximum absolute atomic E-state index is 11.7. The summed E-state index contributed by atoms with van der Waals surface area (Å²) in [5.74, 6) is 0.0752. The van der Waals surface area contributed by atoms with Crippen LogP contribution in [0.25, 0.3) is 0 Å². The SMILES string of the molecule is O=C(C[C@@H](O)c1ccsc1)N1CCCC1. The number of nitrogens with zero attached hydrogens (tertiary/aromatic N) is 1. The maximum atomic E-state index is 11.7. The predicted molar refractivity (Wildman–Crippen MR) is 59.7 cm³/mol. The van der Waals surface area contributed by atoms with Crippen LogP contribution < -0.4 is 0 Å². The molecule has 1 atom stereocenters. The van der Waals surface area contributed by atoms with E-state index in [0.29, 0.717) is 0 Å². The lowest BCUT2D eigenvalue weighted by atomic mass is 10.1. The van der Waals surface area contributed by atoms with E-state index in [4.69, 9.17) is 0 Å². The lowest BCUT2D eigenvalue weighted by molar-refractivity contribution is -0.132. The van der Waals surface area contributed by atoms with E-state index in [1.807, 2.05) is 21.7 Å². The average Bonchev–Trinajstić information content (AvgIpc) is 2.91. The molecule has 82 valence electrons. The fourth-order valence-corrected chi connectivity index (χ4v) is 2.55. The Balaban J connectivity index is 1.88. The minimum Gasteiger partial charge on any atom is -0.388 e. The number of thiophene rings is 1. The van der Waals surface area contributed by atoms with Crippen molar-refractivity contribution < 1.29 is 9.90 Å². The van der Waals surface area contributed by atoms with Crippen molar-refractivity contribution in [2.24, 2.45) is 0 Å². The zero-order valence-electron chi connectivity index (χ0n) is 8.56. The molecule has 2 heterocycles. The molecule has 1 aliphatic rings. The quantitative estimate of drug-likeness (QED) is 0.852. The Morgan fingerprint density at radius 1 is 1.53 bits per heavy atom. The van der Waals surface area contributed by atoms with Crippen molar-refractivity contribution in [2.75, 3.05) is 13.1 Å². The van der Waals surface area contributed by atoms with Gasteiger partial charge in [-0.25, -0.2) is 0 Å². The minimum absolute atomic E-state index is 0.0752. The van der Waals surface area contributed by atoms with E-state index in [1.54, 1.807) is 11.3 Å². The number of hydrogen-bond acceptors (Lipinski definition) is 3. The standard InChI is InChI=1S/C11H15NO2S/c13-10(9-3-6-15-8-9)7-11(14)12-4-1-2-5-12/h3,6,8,10,13H,1-2,4-5,7H2/t10-/m1/s1. The zero-order valence-corrected chi connectivity index (χ0v) is 9.37. The molecule has 1 aromatic rings. The number of carbonyl (C=O) groups is 1. The Hall–Kier alpha value is -0.870. The monoisotopic (exact) mass is 225 g/mol. The van der Waals surface area contributed by atoms with E-state index < -0.39 is 6.10 Å². The predicted octanol–water partition coefficient (Wildman–Crippen LogP) is 1.79. The molecule has 1 aliphatic heterocycles. The number of likely N-dealkylation sites (tertiary alicyclic amines) is 1. The Bertz CT molecular complexity index is 317. The first-order valence-electron chi connectivity index (χ1n) is 5.25. The lowest BCUT2D eigenvalue weighted by Crippen LogP contribution is -2.28. The van der Waals surface area contributed by atoms with Gasteiger partial charge in [-0.2, -0.15) is 11.3 Å². The van der Waals surface area contributed by atoms with Gasteiger partial charge in [0.05, 0.1) is 12.5 Å². The van der Waals surface area contributed by atoms with Gasteiger partial charge in [0.25, 0.3) is 0 Å². The van der Waals surface area contributed by atoms with Crippen LogP contribution >= 0.6 is 11.3 Å². The van der Waals surface area contributed by atoms with Gasteiger partial charge in [-0.15, -0.1) is 0 Å². The van der Waals surface area contributed by atoms with Crippen LogP contribution in [0.5, 0.6) is 0 Å². The minimum atomic E-state index is -0.635. The van der Waals surface area contributed by atoms with Crippen molar-refractivity contribution in [3.63, 3.8) is 0 Å². The Labute approximate surface area is 93.3 Å². The second-order valence-corrected chi connectivity index (χ2v) is 4.64. The molecule has 1 amide bonds. The summed E-state index contributed by atoms with van der Waals surface area (Å²) in [7, 11) is 0. The summed E-state index contributed by atoms with van der Waals surface area (Å²) in [6.45, 7) is 1.71. The third kappa shape index (κ3) is 2.58. The smallest absolute Gasteiger partial charge is 0.225 e. The van der Waals surface area contributed by atoms with Gasteiger partial charge in [-0.1, -0.05) is 0 Å². The van der Waals surface area contributed by atoms with Crippen LogP contribution in [0.3, 0.4) is 0 Å². The van der Waals surface area contributed by atoms with E-state index in [2.05, 4.69) is 0 Å². The van der Waals surface area contributed by atoms with E-state index in [-0.39, 0.29) is 12.3 Å². The maximum Gasteiger partial charge on any atom is 0.225 e. The van der Waals surface area contributed by atoms with Gasteiger partial charge >= 0.3 is 0 Å². The Kier molecular flexibility index (Phi) is 3.38. The van der Waals surface area contributed by atoms with Gasteiger partial charge in [0.2, 0.25) is 5.91 Å². The summed E-state index contributed by atoms with van der Waals surface area (Å²) in [6.07, 6.45) is 1.78. The third-order valence-corrected chi connectivity index (χ3v) is 3.46. The van der Waals surface area contributed by atoms with E-state index in [0.717, 1.165) is 31.5 Å². The van der Waals surface area contributed by atoms with Crippen molar-refractivity contribution in [3.8, 4) is 0 Å². The summed E-state index contributed by atoms with van der Waals surface area (Å²) in [4.78, 5) is 13.6. The molecule has 0 aliphatic carbocycles. The van der Waals surface area contributed by atoms with E-state index >= 15 is 0 Å². The first-order chi connectivity index (χ1) is 7.27. The van der Waals surface area contributed by atoms with Crippen molar-refractivity contribution in [3.05, 3.63) is 22.4 Å². The van der Waals surface area contributed by atoms with Gasteiger partial charge in [-0.3, -0.25) is 4.79 Å². The normalized spacial score (nSPS) is 18.1. The number of aliphatic hydroxyl groups excluding tert-OH is 1. The molecule has 2 rings (SSSR count). The van der Waals surface area contributed by atoms with Gasteiger partial charge in [0.1, 0.15) is 0 Å². The zero-order chi connectivity index (χ0) is 10.7. The topological polar surface area (TPSA) is 40.5 Å². The van der Waals surface area contributed by atoms with Crippen molar-refractivity contribution in [2.45, 2.75) is 25.4 Å². The molecule has 1 saturated heterocycles. The van der Waals surface area contributed by atoms with Crippen LogP contribution in [0.15, 0.2) is 16.8 Å². The summed E-state index contributed by atoms with van der Waals surface area (Å²) >= 11 is 1.54. The molecule has 15 heavy (non-hydrogen) atoms. The molecule has 0 spiro atoms. The fraction of sp³-hybridized carbons (Fsp3) is 0.545. The summed E-state index contributed by atoms with van der Waals surface area (Å²) in [5, 5.41) is 13.6. The van der Waals surface area contributed by atoms with Crippen molar-refractivity contribution in [1.29, 1.82) is 0 Å². The highest BCUT2D eigenvalue weighted by Crippen LogP contribution is 2.21. The number of carbonyl (C=O) groups excluding carboxylic acids is 1. The molecule has 0 radical (unpaired) electrons. The van der Waals surface area contributed by atoms with Crippen LogP contribution in [0.1, 0.15) is 30.9 Å². The summed E-state index contributed by atoms with van der Waals surface area (Å²) in [5.41, 5.74) is 0.854. The summed E-state index contributed by atoms with van der Waals surface area (Å²) in [6, 6.07) is 1.87. The fourth-order valence-electron chi connectivity index (χ4n) is 1.84. The van der Waals surface area contributed by atoms with Gasteiger partial charge in [0.15, 0.2) is 0 Å². The van der Waals surface area contributed by atoms with Crippen molar-refractivity contribution in [1.82, 2.24) is 4.90 Å². The lowest BCUT2D eigenvalue weighted by Gasteiger charge is -2.17. The number of rotatable bonds is 3. The molecule has 0 saturated carbocycles. The summed E-state index contributed by atoms with van der Waals surface area (Å²) < 4.78 is 0. The van der Waals surface area contributed by atoms with Crippen LogP contribution in [0.2, 0.25) is 0 Å². The molecule has 3 nitrogen and oxygen atoms in total. The largest absolute Gasteiger partial charge is 0.388 e. The highest BCUT2D eigenvalue weighted by Gasteiger charge is 2.21. The molecule has 4 heteroatoms. The van der Waals surface area contributed by atoms with Gasteiger partial charge < -0.3 is 10.0 Å². The number of amides is 1. The first kappa shape index (κ1) is 10.6. The van der Waals surface area contributed by atoms with Crippen LogP contribution in [-0.2, 0) is 4.79 Å². The Morgan fingerprint density at radius 2 is 2.27 bits per heavy atom. The van der Waals surface area contributed by atoms with E-state index in [9.17, 15) is 9.90 Å². The van der Waals surface area contributed by atoms with Crippen molar-refractivity contribution >= 4 is 17.2 Å². The first-order valence-corrected chi connectivity index (χ1v) is 6.19. The van der Waals surface area contributed by atoms with E-state index in [1.165, 1.54) is 0 Å². The number of aliphatic hydroxyl groups is 1. The second kappa shape index (κ2) is 4.77. The molecule has 1 N–H and O–H groups in total. The molecular weight excluding hydrogens is 210 g/mol. The Morgan fingerprint density at radius 3 is 2.87 bits per heavy atom. The van der Waals surface area contributed by atoms with Gasteiger partial charge in [0, 0.05) is 13.1 Å². The van der Waals surface area contributed by atoms with Crippen LogP contribution in [0.4, 0.5) is 0 Å². The molecule has 0 unspecified atom stereocenters. The molecule has 0 bridgehead atoms.